The molecule has 2 aromatic rings. The number of hydrogen-bond acceptors (Lipinski definition) is 2. The van der Waals surface area contributed by atoms with Crippen molar-refractivity contribution in [1.29, 1.82) is 0 Å². The highest BCUT2D eigenvalue weighted by Crippen LogP contribution is 2.19. The number of carbonyl (C=O) groups excluding carboxylic acids is 1. The lowest BCUT2D eigenvalue weighted by Crippen LogP contribution is -2.05. The van der Waals surface area contributed by atoms with Crippen LogP contribution in [0.4, 0.5) is 0 Å². The lowest BCUT2D eigenvalue weighted by atomic mass is 10.0. The predicted octanol–water partition coefficient (Wildman–Crippen LogP) is 3.69. The molecule has 3 heteroatoms. The van der Waals surface area contributed by atoms with Gasteiger partial charge >= 0.3 is 0 Å². The molecule has 1 aromatic heterocycles. The summed E-state index contributed by atoms with van der Waals surface area (Å²) >= 11 is 3.35. The first-order valence-electron chi connectivity index (χ1n) is 5.31. The summed E-state index contributed by atoms with van der Waals surface area (Å²) in [6.07, 6.45) is 1.63. The lowest BCUT2D eigenvalue weighted by molar-refractivity contribution is 0.103. The summed E-state index contributed by atoms with van der Waals surface area (Å²) in [5, 5.41) is 0. The third-order valence-corrected chi connectivity index (χ3v) is 3.10. The fourth-order valence-electron chi connectivity index (χ4n) is 1.80. The lowest BCUT2D eigenvalue weighted by Gasteiger charge is -2.05. The van der Waals surface area contributed by atoms with Gasteiger partial charge in [-0.2, -0.15) is 0 Å². The first-order chi connectivity index (χ1) is 8.08. The van der Waals surface area contributed by atoms with Gasteiger partial charge in [-0.15, -0.1) is 0 Å². The van der Waals surface area contributed by atoms with E-state index in [0.29, 0.717) is 11.3 Å². The Balaban J connectivity index is 2.48. The van der Waals surface area contributed by atoms with Crippen molar-refractivity contribution in [2.75, 3.05) is 0 Å². The Morgan fingerprint density at radius 3 is 2.41 bits per heavy atom. The smallest absolute Gasteiger partial charge is 0.212 e. The second-order valence-corrected chi connectivity index (χ2v) is 4.89. The predicted molar refractivity (Wildman–Crippen MR) is 71.3 cm³/mol. The van der Waals surface area contributed by atoms with Gasteiger partial charge in [0, 0.05) is 16.2 Å². The van der Waals surface area contributed by atoms with Crippen molar-refractivity contribution < 1.29 is 4.79 Å². The zero-order valence-corrected chi connectivity index (χ0v) is 11.3. The van der Waals surface area contributed by atoms with E-state index in [2.05, 4.69) is 20.9 Å². The summed E-state index contributed by atoms with van der Waals surface area (Å²) in [4.78, 5) is 16.4. The molecule has 0 amide bonds. The Morgan fingerprint density at radius 2 is 1.82 bits per heavy atom. The van der Waals surface area contributed by atoms with Crippen LogP contribution < -0.4 is 0 Å². The van der Waals surface area contributed by atoms with Crippen LogP contribution >= 0.6 is 15.9 Å². The Hall–Kier alpha value is -1.48. The molecule has 2 rings (SSSR count). The first kappa shape index (κ1) is 12.0. The zero-order chi connectivity index (χ0) is 12.4. The van der Waals surface area contributed by atoms with Gasteiger partial charge in [0.05, 0.1) is 0 Å². The number of halogens is 1. The molecule has 0 aliphatic carbocycles. The molecular formula is C14H12BrNO. The number of ketones is 1. The molecule has 0 bridgehead atoms. The molecule has 0 aliphatic heterocycles. The van der Waals surface area contributed by atoms with E-state index in [9.17, 15) is 4.79 Å². The number of aryl methyl sites for hydroxylation is 2. The van der Waals surface area contributed by atoms with Gasteiger partial charge in [-0.25, -0.2) is 0 Å². The van der Waals surface area contributed by atoms with Crippen molar-refractivity contribution in [2.24, 2.45) is 0 Å². The molecule has 17 heavy (non-hydrogen) atoms. The monoisotopic (exact) mass is 289 g/mol. The summed E-state index contributed by atoms with van der Waals surface area (Å²) in [6, 6.07) is 9.43. The van der Waals surface area contributed by atoms with E-state index in [1.807, 2.05) is 38.1 Å². The first-order valence-corrected chi connectivity index (χ1v) is 6.11. The topological polar surface area (TPSA) is 30.0 Å². The van der Waals surface area contributed by atoms with E-state index in [1.165, 1.54) is 0 Å². The van der Waals surface area contributed by atoms with Crippen molar-refractivity contribution >= 4 is 21.7 Å². The molecule has 0 atom stereocenters. The number of nitrogens with zero attached hydrogens (tertiary/aromatic N) is 1. The van der Waals surface area contributed by atoms with Crippen molar-refractivity contribution in [2.45, 2.75) is 13.8 Å². The van der Waals surface area contributed by atoms with E-state index in [4.69, 9.17) is 0 Å². The minimum absolute atomic E-state index is 0.0516. The molecule has 0 radical (unpaired) electrons. The van der Waals surface area contributed by atoms with Gasteiger partial charge in [0.2, 0.25) is 5.78 Å². The quantitative estimate of drug-likeness (QED) is 0.789. The number of aromatic nitrogens is 1. The molecule has 1 heterocycles. The van der Waals surface area contributed by atoms with Crippen molar-refractivity contribution in [3.8, 4) is 0 Å². The van der Waals surface area contributed by atoms with Gasteiger partial charge in [-0.05, 0) is 54.0 Å². The summed E-state index contributed by atoms with van der Waals surface area (Å²) < 4.78 is 0.726. The van der Waals surface area contributed by atoms with Crippen LogP contribution in [0.2, 0.25) is 0 Å². The van der Waals surface area contributed by atoms with Gasteiger partial charge in [-0.1, -0.05) is 17.2 Å². The van der Waals surface area contributed by atoms with E-state index in [1.54, 1.807) is 12.3 Å². The third-order valence-electron chi connectivity index (χ3n) is 2.46. The molecule has 0 unspecified atom stereocenters. The van der Waals surface area contributed by atoms with E-state index in [-0.39, 0.29) is 5.78 Å². The number of carbonyl (C=O) groups is 1. The van der Waals surface area contributed by atoms with Crippen LogP contribution in [0, 0.1) is 13.8 Å². The molecule has 0 saturated carbocycles. The van der Waals surface area contributed by atoms with Crippen LogP contribution in [0.15, 0.2) is 41.0 Å². The Labute approximate surface area is 109 Å². The minimum Gasteiger partial charge on any atom is -0.287 e. The fourth-order valence-corrected chi connectivity index (χ4v) is 2.23. The highest BCUT2D eigenvalue weighted by atomic mass is 79.9. The number of rotatable bonds is 2. The van der Waals surface area contributed by atoms with Crippen molar-refractivity contribution in [3.63, 3.8) is 0 Å². The molecular weight excluding hydrogens is 278 g/mol. The zero-order valence-electron chi connectivity index (χ0n) is 9.70. The van der Waals surface area contributed by atoms with E-state index in [0.717, 1.165) is 15.6 Å². The number of benzene rings is 1. The van der Waals surface area contributed by atoms with Gasteiger partial charge < -0.3 is 0 Å². The molecule has 86 valence electrons. The molecule has 0 aliphatic rings. The molecule has 0 N–H and O–H groups in total. The third kappa shape index (κ3) is 2.61. The SMILES string of the molecule is Cc1cc(C)cc(C(=O)c2ncccc2Br)c1. The highest BCUT2D eigenvalue weighted by Gasteiger charge is 2.14. The van der Waals surface area contributed by atoms with E-state index < -0.39 is 0 Å². The highest BCUT2D eigenvalue weighted by molar-refractivity contribution is 9.10. The summed E-state index contributed by atoms with van der Waals surface area (Å²) in [5.74, 6) is -0.0516. The Morgan fingerprint density at radius 1 is 1.18 bits per heavy atom. The molecule has 0 fully saturated rings. The van der Waals surface area contributed by atoms with Crippen LogP contribution in [0.5, 0.6) is 0 Å². The molecule has 0 saturated heterocycles. The van der Waals surface area contributed by atoms with Crippen molar-refractivity contribution in [3.05, 3.63) is 63.4 Å². The molecule has 1 aromatic carbocycles. The number of hydrogen-bond donors (Lipinski definition) is 0. The molecule has 2 nitrogen and oxygen atoms in total. The maximum Gasteiger partial charge on any atom is 0.212 e. The van der Waals surface area contributed by atoms with Gasteiger partial charge in [-0.3, -0.25) is 9.78 Å². The maximum atomic E-state index is 12.3. The average molecular weight is 290 g/mol. The second-order valence-electron chi connectivity index (χ2n) is 4.04. The maximum absolute atomic E-state index is 12.3. The van der Waals surface area contributed by atoms with Crippen LogP contribution in [0.25, 0.3) is 0 Å². The standard InChI is InChI=1S/C14H12BrNO/c1-9-6-10(2)8-11(7-9)14(17)13-12(15)4-3-5-16-13/h3-8H,1-2H3. The van der Waals surface area contributed by atoms with Gasteiger partial charge in [0.25, 0.3) is 0 Å². The van der Waals surface area contributed by atoms with Crippen LogP contribution in [0.3, 0.4) is 0 Å². The van der Waals surface area contributed by atoms with Crippen LogP contribution in [-0.4, -0.2) is 10.8 Å². The fraction of sp³-hybridized carbons (Fsp3) is 0.143. The summed E-state index contributed by atoms with van der Waals surface area (Å²) in [5.41, 5.74) is 3.31. The van der Waals surface area contributed by atoms with Crippen LogP contribution in [-0.2, 0) is 0 Å². The van der Waals surface area contributed by atoms with Gasteiger partial charge in [0.15, 0.2) is 0 Å². The average Bonchev–Trinajstić information content (AvgIpc) is 2.27. The summed E-state index contributed by atoms with van der Waals surface area (Å²) in [7, 11) is 0. The van der Waals surface area contributed by atoms with Crippen LogP contribution in [0.1, 0.15) is 27.2 Å². The largest absolute Gasteiger partial charge is 0.287 e. The summed E-state index contributed by atoms with van der Waals surface area (Å²) in [6.45, 7) is 3.97. The van der Waals surface area contributed by atoms with Gasteiger partial charge in [0.1, 0.15) is 5.69 Å². The number of pyridine rings is 1. The minimum atomic E-state index is -0.0516. The normalized spacial score (nSPS) is 10.3. The Kier molecular flexibility index (Phi) is 3.38. The second kappa shape index (κ2) is 4.80. The van der Waals surface area contributed by atoms with E-state index >= 15 is 0 Å². The molecule has 0 spiro atoms. The van der Waals surface area contributed by atoms with Crippen molar-refractivity contribution in [1.82, 2.24) is 4.98 Å². The Bertz CT molecular complexity index is 558.